The Labute approximate surface area is 135 Å². The molecule has 5 nitrogen and oxygen atoms in total. The van der Waals surface area contributed by atoms with Gasteiger partial charge in [0.25, 0.3) is 0 Å². The molecule has 0 radical (unpaired) electrons. The van der Waals surface area contributed by atoms with Gasteiger partial charge in [-0.2, -0.15) is 5.10 Å². The highest BCUT2D eigenvalue weighted by atomic mass is 35.5. The van der Waals surface area contributed by atoms with Gasteiger partial charge in [-0.1, -0.05) is 11.6 Å². The van der Waals surface area contributed by atoms with Gasteiger partial charge in [-0.15, -0.1) is 0 Å². The number of hydrogen-bond donors (Lipinski definition) is 2. The second-order valence-electron chi connectivity index (χ2n) is 6.42. The minimum atomic E-state index is -0.124. The minimum Gasteiger partial charge on any atom is -0.393 e. The van der Waals surface area contributed by atoms with Crippen LogP contribution in [0.25, 0.3) is 11.0 Å². The van der Waals surface area contributed by atoms with Crippen LogP contribution >= 0.6 is 11.6 Å². The van der Waals surface area contributed by atoms with E-state index in [0.717, 1.165) is 42.3 Å². The van der Waals surface area contributed by atoms with E-state index in [1.165, 1.54) is 0 Å². The van der Waals surface area contributed by atoms with Crippen molar-refractivity contribution in [1.29, 1.82) is 0 Å². The third-order valence-corrected chi connectivity index (χ3v) is 4.69. The first-order valence-corrected chi connectivity index (χ1v) is 8.36. The standard InChI is InChI=1S/C16H23ClN4O/c1-10(2)21-16-12(9-19-21)7-11(15(17)20-16)8-18-13-3-5-14(22)6-4-13/h7,9-10,13-14,18,22H,3-6,8H2,1-2H3. The van der Waals surface area contributed by atoms with Crippen molar-refractivity contribution in [3.8, 4) is 0 Å². The van der Waals surface area contributed by atoms with Gasteiger partial charge in [0.1, 0.15) is 5.15 Å². The summed E-state index contributed by atoms with van der Waals surface area (Å²) in [6.07, 6.45) is 5.51. The molecule has 1 fully saturated rings. The highest BCUT2D eigenvalue weighted by molar-refractivity contribution is 6.30. The normalized spacial score (nSPS) is 22.6. The van der Waals surface area contributed by atoms with Crippen molar-refractivity contribution in [2.24, 2.45) is 0 Å². The highest BCUT2D eigenvalue weighted by Gasteiger charge is 2.19. The van der Waals surface area contributed by atoms with Gasteiger partial charge in [0, 0.05) is 29.6 Å². The Morgan fingerprint density at radius 3 is 2.77 bits per heavy atom. The van der Waals surface area contributed by atoms with E-state index in [0.29, 0.717) is 17.7 Å². The molecule has 2 aromatic rings. The van der Waals surface area contributed by atoms with Crippen LogP contribution in [-0.4, -0.2) is 32.0 Å². The molecule has 0 aromatic carbocycles. The summed E-state index contributed by atoms with van der Waals surface area (Å²) in [6, 6.07) is 2.79. The van der Waals surface area contributed by atoms with Crippen LogP contribution in [-0.2, 0) is 6.54 Å². The van der Waals surface area contributed by atoms with Crippen molar-refractivity contribution >= 4 is 22.6 Å². The highest BCUT2D eigenvalue weighted by Crippen LogP contribution is 2.23. The fraction of sp³-hybridized carbons (Fsp3) is 0.625. The Bertz CT molecular complexity index is 647. The maximum Gasteiger partial charge on any atom is 0.159 e. The van der Waals surface area contributed by atoms with Gasteiger partial charge < -0.3 is 10.4 Å². The number of halogens is 1. The molecular formula is C16H23ClN4O. The second kappa shape index (κ2) is 6.52. The van der Waals surface area contributed by atoms with Gasteiger partial charge in [0.05, 0.1) is 12.3 Å². The largest absolute Gasteiger partial charge is 0.393 e. The smallest absolute Gasteiger partial charge is 0.159 e. The summed E-state index contributed by atoms with van der Waals surface area (Å²) in [5, 5.41) is 19.0. The Morgan fingerprint density at radius 1 is 1.36 bits per heavy atom. The van der Waals surface area contributed by atoms with Crippen molar-refractivity contribution < 1.29 is 5.11 Å². The van der Waals surface area contributed by atoms with Crippen LogP contribution in [0.15, 0.2) is 12.3 Å². The average molecular weight is 323 g/mol. The number of pyridine rings is 1. The van der Waals surface area contributed by atoms with Gasteiger partial charge >= 0.3 is 0 Å². The van der Waals surface area contributed by atoms with Gasteiger partial charge in [0.15, 0.2) is 5.65 Å². The van der Waals surface area contributed by atoms with Crippen LogP contribution in [0.1, 0.15) is 51.1 Å². The van der Waals surface area contributed by atoms with Crippen LogP contribution in [0.3, 0.4) is 0 Å². The molecule has 0 atom stereocenters. The maximum atomic E-state index is 9.55. The average Bonchev–Trinajstić information content (AvgIpc) is 2.89. The molecule has 0 saturated heterocycles. The Hall–Kier alpha value is -1.17. The molecule has 0 aliphatic heterocycles. The van der Waals surface area contributed by atoms with Gasteiger partial charge in [-0.05, 0) is 45.6 Å². The van der Waals surface area contributed by atoms with Gasteiger partial charge in [0.2, 0.25) is 0 Å². The molecule has 22 heavy (non-hydrogen) atoms. The summed E-state index contributed by atoms with van der Waals surface area (Å²) in [4.78, 5) is 4.52. The molecule has 0 bridgehead atoms. The quantitative estimate of drug-likeness (QED) is 0.849. The van der Waals surface area contributed by atoms with E-state index in [4.69, 9.17) is 11.6 Å². The van der Waals surface area contributed by atoms with E-state index in [9.17, 15) is 5.11 Å². The van der Waals surface area contributed by atoms with Crippen LogP contribution < -0.4 is 5.32 Å². The zero-order valence-corrected chi connectivity index (χ0v) is 13.8. The summed E-state index contributed by atoms with van der Waals surface area (Å²) in [5.74, 6) is 0. The van der Waals surface area contributed by atoms with E-state index < -0.39 is 0 Å². The number of rotatable bonds is 4. The molecule has 0 spiro atoms. The van der Waals surface area contributed by atoms with Gasteiger partial charge in [-0.25, -0.2) is 9.67 Å². The second-order valence-corrected chi connectivity index (χ2v) is 6.78. The number of aromatic nitrogens is 3. The van der Waals surface area contributed by atoms with Crippen molar-refractivity contribution in [2.75, 3.05) is 0 Å². The van der Waals surface area contributed by atoms with Crippen LogP contribution in [0.5, 0.6) is 0 Å². The van der Waals surface area contributed by atoms with Crippen LogP contribution in [0.2, 0.25) is 5.15 Å². The number of aliphatic hydroxyl groups is 1. The molecule has 2 N–H and O–H groups in total. The molecule has 1 aliphatic carbocycles. The first kappa shape index (κ1) is 15.7. The lowest BCUT2D eigenvalue weighted by molar-refractivity contribution is 0.116. The minimum absolute atomic E-state index is 0.124. The van der Waals surface area contributed by atoms with E-state index in [1.807, 2.05) is 10.9 Å². The Kier molecular flexibility index (Phi) is 4.66. The summed E-state index contributed by atoms with van der Waals surface area (Å²) in [5.41, 5.74) is 1.84. The molecule has 1 saturated carbocycles. The zero-order chi connectivity index (χ0) is 15.7. The van der Waals surface area contributed by atoms with Crippen LogP contribution in [0.4, 0.5) is 0 Å². The summed E-state index contributed by atoms with van der Waals surface area (Å²) in [6.45, 7) is 4.86. The monoisotopic (exact) mass is 322 g/mol. The topological polar surface area (TPSA) is 63.0 Å². The summed E-state index contributed by atoms with van der Waals surface area (Å²) >= 11 is 6.35. The maximum absolute atomic E-state index is 9.55. The SMILES string of the molecule is CC(C)n1ncc2cc(CNC3CCC(O)CC3)c(Cl)nc21. The molecule has 0 amide bonds. The lowest BCUT2D eigenvalue weighted by Crippen LogP contribution is -2.34. The molecule has 2 aromatic heterocycles. The Balaban J connectivity index is 1.73. The molecule has 2 heterocycles. The van der Waals surface area contributed by atoms with Crippen molar-refractivity contribution in [3.63, 3.8) is 0 Å². The van der Waals surface area contributed by atoms with E-state index in [2.05, 4.69) is 35.3 Å². The first-order chi connectivity index (χ1) is 10.5. The fourth-order valence-corrected chi connectivity index (χ4v) is 3.24. The summed E-state index contributed by atoms with van der Waals surface area (Å²) < 4.78 is 1.89. The van der Waals surface area contributed by atoms with Crippen molar-refractivity contribution in [2.45, 2.75) is 64.3 Å². The number of nitrogens with one attached hydrogen (secondary N) is 1. The molecule has 3 rings (SSSR count). The fourth-order valence-electron chi connectivity index (χ4n) is 3.03. The van der Waals surface area contributed by atoms with E-state index >= 15 is 0 Å². The van der Waals surface area contributed by atoms with E-state index in [-0.39, 0.29) is 12.1 Å². The third-order valence-electron chi connectivity index (χ3n) is 4.36. The predicted molar refractivity (Wildman–Crippen MR) is 88.0 cm³/mol. The molecule has 0 unspecified atom stereocenters. The first-order valence-electron chi connectivity index (χ1n) is 7.98. The molecule has 6 heteroatoms. The number of aliphatic hydroxyl groups excluding tert-OH is 1. The zero-order valence-electron chi connectivity index (χ0n) is 13.1. The third kappa shape index (κ3) is 3.26. The van der Waals surface area contributed by atoms with Gasteiger partial charge in [-0.3, -0.25) is 0 Å². The molecular weight excluding hydrogens is 300 g/mol. The number of fused-ring (bicyclic) bond motifs is 1. The number of nitrogens with zero attached hydrogens (tertiary/aromatic N) is 3. The van der Waals surface area contributed by atoms with Crippen molar-refractivity contribution in [1.82, 2.24) is 20.1 Å². The summed E-state index contributed by atoms with van der Waals surface area (Å²) in [7, 11) is 0. The predicted octanol–water partition coefficient (Wildman–Crippen LogP) is 3.06. The van der Waals surface area contributed by atoms with Crippen LogP contribution in [0, 0.1) is 0 Å². The molecule has 120 valence electrons. The van der Waals surface area contributed by atoms with Crippen molar-refractivity contribution in [3.05, 3.63) is 23.0 Å². The Morgan fingerprint density at radius 2 is 2.09 bits per heavy atom. The lowest BCUT2D eigenvalue weighted by Gasteiger charge is -2.26. The lowest BCUT2D eigenvalue weighted by atomic mass is 9.93. The molecule has 1 aliphatic rings. The number of hydrogen-bond acceptors (Lipinski definition) is 4. The van der Waals surface area contributed by atoms with E-state index in [1.54, 1.807) is 0 Å².